The predicted octanol–water partition coefficient (Wildman–Crippen LogP) is -0.288. The largest absolute Gasteiger partial charge is 0.486 e. The number of alkyl halides is 1. The van der Waals surface area contributed by atoms with Crippen molar-refractivity contribution in [2.24, 2.45) is 16.8 Å². The second-order valence-electron chi connectivity index (χ2n) is 6.48. The van der Waals surface area contributed by atoms with Crippen molar-refractivity contribution in [3.8, 4) is 5.75 Å². The second-order valence-corrected chi connectivity index (χ2v) is 6.48. The van der Waals surface area contributed by atoms with E-state index < -0.39 is 30.3 Å². The van der Waals surface area contributed by atoms with Gasteiger partial charge in [-0.25, -0.2) is 4.39 Å². The molecule has 0 saturated carbocycles. The molecule has 0 radical (unpaired) electrons. The van der Waals surface area contributed by atoms with Crippen molar-refractivity contribution in [3.63, 3.8) is 0 Å². The first-order valence-corrected chi connectivity index (χ1v) is 8.76. The van der Waals surface area contributed by atoms with Gasteiger partial charge in [0.15, 0.2) is 6.17 Å². The van der Waals surface area contributed by atoms with Crippen LogP contribution >= 0.6 is 0 Å². The summed E-state index contributed by atoms with van der Waals surface area (Å²) in [6.07, 6.45) is 0.545. The van der Waals surface area contributed by atoms with Gasteiger partial charge in [0, 0.05) is 31.8 Å². The quantitative estimate of drug-likeness (QED) is 0.472. The van der Waals surface area contributed by atoms with Crippen molar-refractivity contribution in [2.75, 3.05) is 31.6 Å². The number of amides is 1. The fourth-order valence-corrected chi connectivity index (χ4v) is 3.06. The number of hydrogen-bond donors (Lipinski definition) is 4. The van der Waals surface area contributed by atoms with Crippen LogP contribution in [0.1, 0.15) is 6.42 Å². The lowest BCUT2D eigenvalue weighted by molar-refractivity contribution is -0.122. The molecule has 0 aromatic carbocycles. The number of rotatable bonds is 7. The number of carbonyl (C=O) groups excluding carboxylic acids is 1. The van der Waals surface area contributed by atoms with Crippen LogP contribution in [0.3, 0.4) is 0 Å². The van der Waals surface area contributed by atoms with E-state index >= 15 is 0 Å². The topological polar surface area (TPSA) is 140 Å². The molecule has 3 rings (SSSR count). The summed E-state index contributed by atoms with van der Waals surface area (Å²) in [7, 11) is 0. The molecular formula is C16H23FN6O4. The lowest BCUT2D eigenvalue weighted by atomic mass is 9.99. The average molecular weight is 382 g/mol. The van der Waals surface area contributed by atoms with Crippen LogP contribution < -0.4 is 26.4 Å². The van der Waals surface area contributed by atoms with Crippen LogP contribution in [0.2, 0.25) is 0 Å². The van der Waals surface area contributed by atoms with Crippen LogP contribution in [0.25, 0.3) is 0 Å². The first-order valence-electron chi connectivity index (χ1n) is 8.76. The molecule has 1 aromatic rings. The highest BCUT2D eigenvalue weighted by Gasteiger charge is 2.37. The van der Waals surface area contributed by atoms with Gasteiger partial charge in [0.25, 0.3) is 0 Å². The molecule has 1 amide bonds. The van der Waals surface area contributed by atoms with Crippen LogP contribution in [0.5, 0.6) is 5.75 Å². The van der Waals surface area contributed by atoms with E-state index in [2.05, 4.69) is 26.1 Å². The fourth-order valence-electron chi connectivity index (χ4n) is 3.06. The van der Waals surface area contributed by atoms with Crippen molar-refractivity contribution in [3.05, 3.63) is 23.4 Å². The number of pyridine rings is 1. The summed E-state index contributed by atoms with van der Waals surface area (Å²) in [5.74, 6) is -1.16. The zero-order chi connectivity index (χ0) is 19.2. The van der Waals surface area contributed by atoms with Gasteiger partial charge in [-0.15, -0.1) is 4.91 Å². The lowest BCUT2D eigenvalue weighted by Crippen LogP contribution is -2.62. The van der Waals surface area contributed by atoms with Gasteiger partial charge in [-0.05, 0) is 0 Å². The number of halogens is 1. The van der Waals surface area contributed by atoms with Crippen molar-refractivity contribution in [1.29, 1.82) is 0 Å². The summed E-state index contributed by atoms with van der Waals surface area (Å²) >= 11 is 0. The van der Waals surface area contributed by atoms with E-state index in [-0.39, 0.29) is 19.2 Å². The van der Waals surface area contributed by atoms with Gasteiger partial charge in [-0.2, -0.15) is 0 Å². The number of nitrogens with two attached hydrogens (primary N) is 1. The van der Waals surface area contributed by atoms with E-state index in [1.807, 2.05) is 0 Å². The molecule has 2 aliphatic heterocycles. The van der Waals surface area contributed by atoms with Crippen LogP contribution in [0.4, 0.5) is 10.1 Å². The first kappa shape index (κ1) is 19.5. The molecule has 0 aliphatic carbocycles. The fraction of sp³-hybridized carbons (Fsp3) is 0.625. The van der Waals surface area contributed by atoms with Crippen molar-refractivity contribution >= 4 is 11.6 Å². The maximum atomic E-state index is 13.3. The Kier molecular flexibility index (Phi) is 6.61. The van der Waals surface area contributed by atoms with E-state index in [9.17, 15) is 14.1 Å². The summed E-state index contributed by atoms with van der Waals surface area (Å²) in [4.78, 5) is 27.8. The number of hydrogen-bond acceptors (Lipinski definition) is 9. The molecule has 3 unspecified atom stereocenters. The highest BCUT2D eigenvalue weighted by atomic mass is 19.1. The second kappa shape index (κ2) is 9.13. The molecule has 2 saturated heterocycles. The molecular weight excluding hydrogens is 359 g/mol. The number of ether oxygens (including phenoxy) is 2. The Labute approximate surface area is 155 Å². The Morgan fingerprint density at radius 1 is 1.48 bits per heavy atom. The number of nitrogens with zero attached hydrogens (tertiary/aromatic N) is 2. The smallest absolute Gasteiger partial charge is 0.234 e. The third-order valence-electron chi connectivity index (χ3n) is 4.49. The molecule has 27 heavy (non-hydrogen) atoms. The monoisotopic (exact) mass is 382 g/mol. The third kappa shape index (κ3) is 4.95. The molecule has 1 aromatic heterocycles. The average Bonchev–Trinajstić information content (AvgIpc) is 3.18. The molecule has 3 atom stereocenters. The molecule has 11 heteroatoms. The van der Waals surface area contributed by atoms with Gasteiger partial charge in [-0.3, -0.25) is 20.4 Å². The Balaban J connectivity index is 1.72. The Bertz CT molecular complexity index is 652. The minimum atomic E-state index is -1.31. The van der Waals surface area contributed by atoms with Gasteiger partial charge >= 0.3 is 0 Å². The SMILES string of the molecule is NC(N=O)C(C(=O)Nc1cnccc1OC1CCOC1)C1NCC(F)CN1. The zero-order valence-electron chi connectivity index (χ0n) is 14.6. The molecule has 10 nitrogen and oxygen atoms in total. The predicted molar refractivity (Wildman–Crippen MR) is 94.7 cm³/mol. The van der Waals surface area contributed by atoms with E-state index in [1.54, 1.807) is 12.3 Å². The van der Waals surface area contributed by atoms with Gasteiger partial charge in [0.1, 0.15) is 29.6 Å². The van der Waals surface area contributed by atoms with E-state index in [4.69, 9.17) is 15.2 Å². The maximum absolute atomic E-state index is 13.3. The summed E-state index contributed by atoms with van der Waals surface area (Å²) in [5, 5.41) is 11.1. The Morgan fingerprint density at radius 3 is 2.93 bits per heavy atom. The van der Waals surface area contributed by atoms with E-state index in [1.165, 1.54) is 6.20 Å². The van der Waals surface area contributed by atoms with Crippen LogP contribution in [-0.2, 0) is 9.53 Å². The van der Waals surface area contributed by atoms with E-state index in [0.717, 1.165) is 6.42 Å². The molecule has 2 fully saturated rings. The van der Waals surface area contributed by atoms with Crippen LogP contribution in [0, 0.1) is 10.8 Å². The first-order chi connectivity index (χ1) is 13.1. The highest BCUT2D eigenvalue weighted by Crippen LogP contribution is 2.26. The number of aromatic nitrogens is 1. The maximum Gasteiger partial charge on any atom is 0.234 e. The number of carbonyl (C=O) groups is 1. The summed E-state index contributed by atoms with van der Waals surface area (Å²) < 4.78 is 24.5. The molecule has 3 heterocycles. The molecule has 0 bridgehead atoms. The minimum absolute atomic E-state index is 0.0515. The number of nitroso groups, excluding NO2 is 1. The van der Waals surface area contributed by atoms with Gasteiger partial charge in [0.05, 0.1) is 25.6 Å². The summed E-state index contributed by atoms with van der Waals surface area (Å²) in [6.45, 7) is 1.19. The summed E-state index contributed by atoms with van der Waals surface area (Å²) in [5.41, 5.74) is 6.07. The minimum Gasteiger partial charge on any atom is -0.486 e. The lowest BCUT2D eigenvalue weighted by Gasteiger charge is -2.33. The van der Waals surface area contributed by atoms with Crippen LogP contribution in [0.15, 0.2) is 23.6 Å². The van der Waals surface area contributed by atoms with Gasteiger partial charge < -0.3 is 20.5 Å². The van der Waals surface area contributed by atoms with Crippen molar-refractivity contribution in [1.82, 2.24) is 15.6 Å². The van der Waals surface area contributed by atoms with E-state index in [0.29, 0.717) is 24.7 Å². The molecule has 2 aliphatic rings. The van der Waals surface area contributed by atoms with Gasteiger partial charge in [0.2, 0.25) is 5.91 Å². The van der Waals surface area contributed by atoms with Crippen molar-refractivity contribution in [2.45, 2.75) is 31.0 Å². The highest BCUT2D eigenvalue weighted by molar-refractivity contribution is 5.94. The Hall–Kier alpha value is -2.21. The van der Waals surface area contributed by atoms with Crippen molar-refractivity contribution < 1.29 is 18.7 Å². The standard InChI is InChI=1S/C16H23FN6O4/c17-9-5-20-15(21-6-9)13(14(18)23-25)16(24)22-11-7-19-3-1-12(11)27-10-2-4-26-8-10/h1,3,7,9-10,13-15,20-21H,2,4-6,8,18H2,(H,22,24). The summed E-state index contributed by atoms with van der Waals surface area (Å²) in [6, 6.07) is 1.63. The Morgan fingerprint density at radius 2 is 2.26 bits per heavy atom. The molecule has 0 spiro atoms. The zero-order valence-corrected chi connectivity index (χ0v) is 14.6. The van der Waals surface area contributed by atoms with Gasteiger partial charge in [-0.1, -0.05) is 5.18 Å². The normalized spacial score (nSPS) is 27.6. The number of nitrogens with one attached hydrogen (secondary N) is 3. The third-order valence-corrected chi connectivity index (χ3v) is 4.49. The number of anilines is 1. The molecule has 148 valence electrons. The van der Waals surface area contributed by atoms with Crippen LogP contribution in [-0.4, -0.2) is 61.8 Å². The molecule has 5 N–H and O–H groups in total.